The Morgan fingerprint density at radius 2 is 1.57 bits per heavy atom. The van der Waals surface area contributed by atoms with E-state index in [0.717, 1.165) is 4.57 Å². The van der Waals surface area contributed by atoms with Crippen LogP contribution in [-0.4, -0.2) is 26.4 Å². The van der Waals surface area contributed by atoms with Crippen LogP contribution in [0, 0.1) is 0 Å². The van der Waals surface area contributed by atoms with Crippen molar-refractivity contribution in [3.63, 3.8) is 0 Å². The molecule has 0 amide bonds. The van der Waals surface area contributed by atoms with Crippen molar-refractivity contribution in [1.82, 2.24) is 9.55 Å². The molecule has 1 unspecified atom stereocenters. The molecule has 1 N–H and O–H groups in total. The average molecular weight is 404 g/mol. The fraction of sp³-hybridized carbons (Fsp3) is 0.0870. The summed E-state index contributed by atoms with van der Waals surface area (Å²) in [6, 6.07) is 19.0. The molecule has 1 aliphatic rings. The van der Waals surface area contributed by atoms with Gasteiger partial charge in [-0.1, -0.05) is 60.7 Å². The highest BCUT2D eigenvalue weighted by atomic mass is 19.3. The number of aromatic nitrogens is 2. The van der Waals surface area contributed by atoms with Gasteiger partial charge in [-0.25, -0.2) is 4.98 Å². The summed E-state index contributed by atoms with van der Waals surface area (Å²) in [7, 11) is 0. The standard InChI is InChI=1S/C23H14F2N2O3/c24-23(25,19(28)14-8-2-1-3-9-14)22(30)16-11-5-7-13-18(16)27-20(29)15-10-4-6-12-17(15)26-21(22)27/h1-13,30H. The summed E-state index contributed by atoms with van der Waals surface area (Å²) in [6.07, 6.45) is 0. The van der Waals surface area contributed by atoms with Gasteiger partial charge in [-0.2, -0.15) is 8.78 Å². The summed E-state index contributed by atoms with van der Waals surface area (Å²) in [5.41, 5.74) is -3.99. The molecule has 2 heterocycles. The predicted octanol–water partition coefficient (Wildman–Crippen LogP) is 3.45. The summed E-state index contributed by atoms with van der Waals surface area (Å²) in [5.74, 6) is -6.43. The van der Waals surface area contributed by atoms with Crippen molar-refractivity contribution in [1.29, 1.82) is 0 Å². The Labute approximate surface area is 168 Å². The quantitative estimate of drug-likeness (QED) is 0.531. The number of carbonyl (C=O) groups is 1. The zero-order valence-corrected chi connectivity index (χ0v) is 15.4. The molecule has 1 aromatic heterocycles. The van der Waals surface area contributed by atoms with Crippen molar-refractivity contribution in [2.45, 2.75) is 11.5 Å². The van der Waals surface area contributed by atoms with E-state index < -0.39 is 28.7 Å². The number of para-hydroxylation sites is 2. The molecule has 5 nitrogen and oxygen atoms in total. The van der Waals surface area contributed by atoms with Crippen LogP contribution >= 0.6 is 0 Å². The molecule has 7 heteroatoms. The van der Waals surface area contributed by atoms with Crippen molar-refractivity contribution in [3.8, 4) is 5.69 Å². The number of rotatable bonds is 3. The first-order chi connectivity index (χ1) is 14.4. The second-order valence-electron chi connectivity index (χ2n) is 7.09. The van der Waals surface area contributed by atoms with E-state index in [1.807, 2.05) is 0 Å². The Balaban J connectivity index is 1.85. The Morgan fingerprint density at radius 1 is 0.933 bits per heavy atom. The van der Waals surface area contributed by atoms with Gasteiger partial charge in [0.2, 0.25) is 11.4 Å². The van der Waals surface area contributed by atoms with Crippen molar-refractivity contribution in [2.75, 3.05) is 0 Å². The van der Waals surface area contributed by atoms with Crippen LogP contribution in [-0.2, 0) is 5.60 Å². The van der Waals surface area contributed by atoms with E-state index in [2.05, 4.69) is 4.98 Å². The predicted molar refractivity (Wildman–Crippen MR) is 106 cm³/mol. The van der Waals surface area contributed by atoms with E-state index in [4.69, 9.17) is 0 Å². The lowest BCUT2D eigenvalue weighted by molar-refractivity contribution is -0.133. The molecule has 0 radical (unpaired) electrons. The number of halogens is 2. The van der Waals surface area contributed by atoms with E-state index in [1.54, 1.807) is 24.3 Å². The molecule has 0 spiro atoms. The van der Waals surface area contributed by atoms with Gasteiger partial charge in [0.15, 0.2) is 5.82 Å². The van der Waals surface area contributed by atoms with Crippen LogP contribution in [0.1, 0.15) is 21.7 Å². The fourth-order valence-corrected chi connectivity index (χ4v) is 3.94. The highest BCUT2D eigenvalue weighted by Gasteiger charge is 2.65. The van der Waals surface area contributed by atoms with Gasteiger partial charge in [0.05, 0.1) is 16.6 Å². The first-order valence-electron chi connectivity index (χ1n) is 9.19. The van der Waals surface area contributed by atoms with Crippen LogP contribution in [0.2, 0.25) is 0 Å². The summed E-state index contributed by atoms with van der Waals surface area (Å²) >= 11 is 0. The van der Waals surface area contributed by atoms with Gasteiger partial charge in [-0.05, 0) is 18.2 Å². The van der Waals surface area contributed by atoms with Crippen LogP contribution < -0.4 is 5.56 Å². The molecule has 0 fully saturated rings. The van der Waals surface area contributed by atoms with Crippen LogP contribution in [0.4, 0.5) is 8.78 Å². The number of fused-ring (bicyclic) bond motifs is 4. The number of nitrogens with zero attached hydrogens (tertiary/aromatic N) is 2. The molecule has 0 bridgehead atoms. The maximum Gasteiger partial charge on any atom is 0.349 e. The van der Waals surface area contributed by atoms with Gasteiger partial charge in [0.25, 0.3) is 5.56 Å². The third-order valence-corrected chi connectivity index (χ3v) is 5.41. The lowest BCUT2D eigenvalue weighted by Crippen LogP contribution is -2.51. The fourth-order valence-electron chi connectivity index (χ4n) is 3.94. The number of ketones is 1. The van der Waals surface area contributed by atoms with Gasteiger partial charge in [0.1, 0.15) is 0 Å². The summed E-state index contributed by atoms with van der Waals surface area (Å²) in [4.78, 5) is 30.1. The van der Waals surface area contributed by atoms with Crippen molar-refractivity contribution in [2.24, 2.45) is 0 Å². The van der Waals surface area contributed by atoms with Gasteiger partial charge in [-0.3, -0.25) is 14.2 Å². The van der Waals surface area contributed by atoms with E-state index >= 15 is 8.78 Å². The number of benzene rings is 3. The molecule has 30 heavy (non-hydrogen) atoms. The lowest BCUT2D eigenvalue weighted by atomic mass is 9.83. The van der Waals surface area contributed by atoms with Crippen molar-refractivity contribution in [3.05, 3.63) is 106 Å². The first kappa shape index (κ1) is 18.3. The minimum absolute atomic E-state index is 0.0683. The summed E-state index contributed by atoms with van der Waals surface area (Å²) < 4.78 is 32.4. The van der Waals surface area contributed by atoms with Gasteiger partial charge in [0, 0.05) is 11.1 Å². The molecule has 3 aromatic carbocycles. The largest absolute Gasteiger partial charge is 0.372 e. The number of carbonyl (C=O) groups excluding carboxylic acids is 1. The minimum atomic E-state index is -4.29. The number of hydrogen-bond acceptors (Lipinski definition) is 4. The maximum absolute atomic E-state index is 15.7. The van der Waals surface area contributed by atoms with E-state index in [1.165, 1.54) is 54.6 Å². The highest BCUT2D eigenvalue weighted by Crippen LogP contribution is 2.50. The third kappa shape index (κ3) is 2.21. The van der Waals surface area contributed by atoms with Crippen LogP contribution in [0.5, 0.6) is 0 Å². The lowest BCUT2D eigenvalue weighted by Gasteiger charge is -2.31. The second-order valence-corrected chi connectivity index (χ2v) is 7.09. The topological polar surface area (TPSA) is 72.2 Å². The zero-order chi connectivity index (χ0) is 21.1. The van der Waals surface area contributed by atoms with Crippen LogP contribution in [0.15, 0.2) is 83.7 Å². The molecule has 0 saturated heterocycles. The maximum atomic E-state index is 15.7. The van der Waals surface area contributed by atoms with Gasteiger partial charge < -0.3 is 5.11 Å². The minimum Gasteiger partial charge on any atom is -0.372 e. The Bertz CT molecular complexity index is 1380. The number of Topliss-reactive ketones (excluding diaryl/α,β-unsaturated/α-hetero) is 1. The third-order valence-electron chi connectivity index (χ3n) is 5.41. The van der Waals surface area contributed by atoms with Crippen LogP contribution in [0.3, 0.4) is 0 Å². The van der Waals surface area contributed by atoms with E-state index in [0.29, 0.717) is 0 Å². The second kappa shape index (κ2) is 6.14. The summed E-state index contributed by atoms with van der Waals surface area (Å²) in [5, 5.41) is 11.7. The smallest absolute Gasteiger partial charge is 0.349 e. The highest BCUT2D eigenvalue weighted by molar-refractivity contribution is 6.03. The van der Waals surface area contributed by atoms with Crippen LogP contribution in [0.25, 0.3) is 16.6 Å². The molecule has 5 rings (SSSR count). The first-order valence-corrected chi connectivity index (χ1v) is 9.19. The average Bonchev–Trinajstić information content (AvgIpc) is 3.04. The Kier molecular flexibility index (Phi) is 3.75. The van der Waals surface area contributed by atoms with Gasteiger partial charge >= 0.3 is 5.92 Å². The Hall–Kier alpha value is -3.71. The zero-order valence-electron chi connectivity index (χ0n) is 15.4. The molecular formula is C23H14F2N2O3. The Morgan fingerprint density at radius 3 is 2.33 bits per heavy atom. The molecule has 148 valence electrons. The van der Waals surface area contributed by atoms with Crippen molar-refractivity contribution >= 4 is 16.7 Å². The van der Waals surface area contributed by atoms with Gasteiger partial charge in [-0.15, -0.1) is 0 Å². The number of aliphatic hydroxyl groups is 1. The molecular weight excluding hydrogens is 390 g/mol. The van der Waals surface area contributed by atoms with Crippen molar-refractivity contribution < 1.29 is 18.7 Å². The molecule has 1 aliphatic heterocycles. The molecule has 1 atom stereocenters. The molecule has 0 aliphatic carbocycles. The SMILES string of the molecule is O=C(c1ccccc1)C(F)(F)C1(O)c2ccccc2-n2c1nc1ccccc1c2=O. The molecule has 4 aromatic rings. The number of alkyl halides is 2. The summed E-state index contributed by atoms with van der Waals surface area (Å²) in [6.45, 7) is 0. The van der Waals surface area contributed by atoms with E-state index in [9.17, 15) is 14.7 Å². The number of hydrogen-bond donors (Lipinski definition) is 1. The van der Waals surface area contributed by atoms with E-state index in [-0.39, 0.29) is 27.7 Å². The monoisotopic (exact) mass is 404 g/mol. The molecule has 0 saturated carbocycles. The normalized spacial score (nSPS) is 17.6.